The van der Waals surface area contributed by atoms with Gasteiger partial charge in [0.25, 0.3) is 0 Å². The van der Waals surface area contributed by atoms with E-state index in [1.165, 1.54) is 22.5 Å². The minimum atomic E-state index is 0. The third kappa shape index (κ3) is 2.30. The first-order valence-electron chi connectivity index (χ1n) is 3.77. The molecule has 1 rings (SSSR count). The Kier molecular flexibility index (Phi) is 4.45. The van der Waals surface area contributed by atoms with Crippen molar-refractivity contribution in [3.63, 3.8) is 0 Å². The minimum Gasteiger partial charge on any atom is -1.00 e. The summed E-state index contributed by atoms with van der Waals surface area (Å²) in [5, 5.41) is 0. The number of hydrogen-bond acceptors (Lipinski definition) is 0. The van der Waals surface area contributed by atoms with Gasteiger partial charge in [0.2, 0.25) is 0 Å². The SMILES string of the molecule is C=Cc1c(C)cc(C)[nH+]c1C.[I-]. The maximum absolute atomic E-state index is 3.76. The molecule has 1 heterocycles. The standard InChI is InChI=1S/C10H13N.HI/c1-5-10-7(2)6-8(3)11-9(10)4;/h5-6H,1H2,2-4H3;1H. The van der Waals surface area contributed by atoms with Crippen LogP contribution in [-0.4, -0.2) is 0 Å². The van der Waals surface area contributed by atoms with E-state index < -0.39 is 0 Å². The first kappa shape index (κ1) is 11.6. The second kappa shape index (κ2) is 4.60. The van der Waals surface area contributed by atoms with Gasteiger partial charge in [0.15, 0.2) is 11.4 Å². The maximum atomic E-state index is 3.76. The maximum Gasteiger partial charge on any atom is 0.184 e. The van der Waals surface area contributed by atoms with Crippen LogP contribution in [-0.2, 0) is 0 Å². The summed E-state index contributed by atoms with van der Waals surface area (Å²) in [6.07, 6.45) is 1.89. The smallest absolute Gasteiger partial charge is 0.184 e. The third-order valence-corrected chi connectivity index (χ3v) is 1.85. The molecule has 2 heteroatoms. The van der Waals surface area contributed by atoms with Gasteiger partial charge in [-0.25, -0.2) is 4.98 Å². The van der Waals surface area contributed by atoms with Crippen molar-refractivity contribution in [3.8, 4) is 0 Å². The molecule has 1 nitrogen and oxygen atoms in total. The summed E-state index contributed by atoms with van der Waals surface area (Å²) in [6.45, 7) is 9.99. The monoisotopic (exact) mass is 275 g/mol. The van der Waals surface area contributed by atoms with Crippen molar-refractivity contribution in [2.24, 2.45) is 0 Å². The Morgan fingerprint density at radius 2 is 1.92 bits per heavy atom. The van der Waals surface area contributed by atoms with Crippen LogP contribution in [0.2, 0.25) is 0 Å². The lowest BCUT2D eigenvalue weighted by atomic mass is 10.1. The molecule has 0 saturated carbocycles. The second-order valence-corrected chi connectivity index (χ2v) is 2.88. The highest BCUT2D eigenvalue weighted by atomic mass is 127. The van der Waals surface area contributed by atoms with Crippen molar-refractivity contribution in [2.75, 3.05) is 0 Å². The molecule has 0 saturated heterocycles. The van der Waals surface area contributed by atoms with Crippen LogP contribution in [0.25, 0.3) is 6.08 Å². The van der Waals surface area contributed by atoms with E-state index in [0.717, 1.165) is 0 Å². The van der Waals surface area contributed by atoms with Crippen LogP contribution in [0.15, 0.2) is 12.6 Å². The van der Waals surface area contributed by atoms with Crippen LogP contribution in [0, 0.1) is 20.8 Å². The molecule has 1 aromatic heterocycles. The topological polar surface area (TPSA) is 14.1 Å². The fourth-order valence-electron chi connectivity index (χ4n) is 1.41. The Balaban J connectivity index is 0.00000121. The molecule has 0 radical (unpaired) electrons. The van der Waals surface area contributed by atoms with Crippen molar-refractivity contribution in [1.29, 1.82) is 0 Å². The number of hydrogen-bond donors (Lipinski definition) is 0. The number of aromatic nitrogens is 1. The first-order valence-corrected chi connectivity index (χ1v) is 3.77. The van der Waals surface area contributed by atoms with Crippen LogP contribution >= 0.6 is 0 Å². The highest BCUT2D eigenvalue weighted by Gasteiger charge is 2.05. The number of nitrogens with one attached hydrogen (secondary N) is 1. The quantitative estimate of drug-likeness (QED) is 0.588. The fraction of sp³-hybridized carbons (Fsp3) is 0.300. The van der Waals surface area contributed by atoms with Gasteiger partial charge in [-0.3, -0.25) is 0 Å². The van der Waals surface area contributed by atoms with E-state index in [2.05, 4.69) is 38.4 Å². The molecule has 0 atom stereocenters. The average molecular weight is 275 g/mol. The summed E-state index contributed by atoms with van der Waals surface area (Å²) in [7, 11) is 0. The lowest BCUT2D eigenvalue weighted by Crippen LogP contribution is -3.00. The van der Waals surface area contributed by atoms with Crippen LogP contribution < -0.4 is 29.0 Å². The fourth-order valence-corrected chi connectivity index (χ4v) is 1.41. The lowest BCUT2D eigenvalue weighted by molar-refractivity contribution is -0.397. The normalized spacial score (nSPS) is 8.92. The zero-order valence-electron chi connectivity index (χ0n) is 7.74. The number of rotatable bonds is 1. The van der Waals surface area contributed by atoms with Gasteiger partial charge < -0.3 is 24.0 Å². The second-order valence-electron chi connectivity index (χ2n) is 2.88. The van der Waals surface area contributed by atoms with E-state index in [9.17, 15) is 0 Å². The molecule has 0 aliphatic heterocycles. The molecule has 0 amide bonds. The molecule has 0 aliphatic rings. The van der Waals surface area contributed by atoms with Gasteiger partial charge in [0.05, 0.1) is 0 Å². The predicted molar refractivity (Wildman–Crippen MR) is 47.3 cm³/mol. The Hall–Kier alpha value is -0.380. The van der Waals surface area contributed by atoms with Gasteiger partial charge in [-0.2, -0.15) is 0 Å². The van der Waals surface area contributed by atoms with E-state index in [4.69, 9.17) is 0 Å². The lowest BCUT2D eigenvalue weighted by Gasteiger charge is -1.98. The molecule has 0 bridgehead atoms. The van der Waals surface area contributed by atoms with Gasteiger partial charge in [0, 0.05) is 25.5 Å². The zero-order chi connectivity index (χ0) is 8.43. The molecule has 0 fully saturated rings. The summed E-state index contributed by atoms with van der Waals surface area (Å²) in [5.74, 6) is 0. The van der Waals surface area contributed by atoms with E-state index in [-0.39, 0.29) is 24.0 Å². The Labute approximate surface area is 90.9 Å². The largest absolute Gasteiger partial charge is 1.00 e. The van der Waals surface area contributed by atoms with E-state index in [1.54, 1.807) is 0 Å². The Bertz CT molecular complexity index is 269. The number of aryl methyl sites for hydroxylation is 3. The molecular weight excluding hydrogens is 261 g/mol. The summed E-state index contributed by atoms with van der Waals surface area (Å²) in [5.41, 5.74) is 4.90. The summed E-state index contributed by atoms with van der Waals surface area (Å²) in [4.78, 5) is 3.26. The molecule has 0 spiro atoms. The van der Waals surface area contributed by atoms with E-state index in [1.807, 2.05) is 6.08 Å². The Morgan fingerprint density at radius 3 is 2.33 bits per heavy atom. The van der Waals surface area contributed by atoms with Crippen molar-refractivity contribution >= 4 is 6.08 Å². The Morgan fingerprint density at radius 1 is 1.33 bits per heavy atom. The number of H-pyrrole nitrogens is 1. The van der Waals surface area contributed by atoms with Crippen LogP contribution in [0.3, 0.4) is 0 Å². The number of aromatic amines is 1. The summed E-state index contributed by atoms with van der Waals surface area (Å²) in [6, 6.07) is 2.13. The van der Waals surface area contributed by atoms with Gasteiger partial charge in [-0.05, 0) is 12.5 Å². The molecule has 12 heavy (non-hydrogen) atoms. The van der Waals surface area contributed by atoms with Crippen molar-refractivity contribution in [1.82, 2.24) is 0 Å². The average Bonchev–Trinajstić information content (AvgIpc) is 1.85. The number of pyridine rings is 1. The molecule has 0 aromatic carbocycles. The highest BCUT2D eigenvalue weighted by molar-refractivity contribution is 5.52. The molecule has 0 aliphatic carbocycles. The van der Waals surface area contributed by atoms with Crippen molar-refractivity contribution < 1.29 is 29.0 Å². The molecule has 1 N–H and O–H groups in total. The van der Waals surface area contributed by atoms with Gasteiger partial charge >= 0.3 is 0 Å². The van der Waals surface area contributed by atoms with Crippen LogP contribution in [0.4, 0.5) is 0 Å². The highest BCUT2D eigenvalue weighted by Crippen LogP contribution is 2.10. The van der Waals surface area contributed by atoms with Crippen molar-refractivity contribution in [2.45, 2.75) is 20.8 Å². The third-order valence-electron chi connectivity index (χ3n) is 1.85. The summed E-state index contributed by atoms with van der Waals surface area (Å²) < 4.78 is 0. The molecule has 0 unspecified atom stereocenters. The number of halogens is 1. The van der Waals surface area contributed by atoms with Crippen LogP contribution in [0.5, 0.6) is 0 Å². The molecule has 66 valence electrons. The van der Waals surface area contributed by atoms with Gasteiger partial charge in [-0.1, -0.05) is 12.7 Å². The minimum absolute atomic E-state index is 0. The molecular formula is C10H14IN. The van der Waals surface area contributed by atoms with Crippen molar-refractivity contribution in [3.05, 3.63) is 35.2 Å². The molecule has 1 aromatic rings. The van der Waals surface area contributed by atoms with E-state index >= 15 is 0 Å². The zero-order valence-corrected chi connectivity index (χ0v) is 9.90. The van der Waals surface area contributed by atoms with Gasteiger partial charge in [0.1, 0.15) is 0 Å². The summed E-state index contributed by atoms with van der Waals surface area (Å²) >= 11 is 0. The predicted octanol–water partition coefficient (Wildman–Crippen LogP) is -0.927. The van der Waals surface area contributed by atoms with Gasteiger partial charge in [-0.15, -0.1) is 0 Å². The van der Waals surface area contributed by atoms with E-state index in [0.29, 0.717) is 0 Å². The van der Waals surface area contributed by atoms with Crippen LogP contribution in [0.1, 0.15) is 22.5 Å². The first-order chi connectivity index (χ1) is 5.15.